The molecule has 2 aliphatic rings. The number of ether oxygens (including phenoxy) is 1. The first-order valence-electron chi connectivity index (χ1n) is 8.93. The van der Waals surface area contributed by atoms with Gasteiger partial charge in [-0.1, -0.05) is 12.1 Å². The molecule has 2 saturated heterocycles. The highest BCUT2D eigenvalue weighted by Gasteiger charge is 2.44. The van der Waals surface area contributed by atoms with E-state index < -0.39 is 5.41 Å². The summed E-state index contributed by atoms with van der Waals surface area (Å²) in [7, 11) is 1.95. The number of hydrogen-bond donors (Lipinski definition) is 1. The standard InChI is InChI=1S/C19H27FN2O2.ClH/c1-21-13-15-4-3-9-22(14-15)18(23)19(7-10-24-11-8-19)16-5-2-6-17(20)12-16;/h2,5-6,12,15,21H,3-4,7-11,13-14H2,1H3;1H. The number of piperidine rings is 1. The van der Waals surface area contributed by atoms with Crippen molar-refractivity contribution in [2.24, 2.45) is 5.92 Å². The predicted molar refractivity (Wildman–Crippen MR) is 98.6 cm³/mol. The van der Waals surface area contributed by atoms with Crippen molar-refractivity contribution in [1.82, 2.24) is 10.2 Å². The van der Waals surface area contributed by atoms with E-state index >= 15 is 0 Å². The van der Waals surface area contributed by atoms with Gasteiger partial charge in [-0.3, -0.25) is 4.79 Å². The first kappa shape index (κ1) is 20.1. The third-order valence-electron chi connectivity index (χ3n) is 5.43. The molecule has 140 valence electrons. The molecule has 4 nitrogen and oxygen atoms in total. The van der Waals surface area contributed by atoms with E-state index in [-0.39, 0.29) is 24.1 Å². The lowest BCUT2D eigenvalue weighted by Gasteiger charge is -2.42. The summed E-state index contributed by atoms with van der Waals surface area (Å²) in [5.41, 5.74) is 0.161. The number of nitrogens with zero attached hydrogens (tertiary/aromatic N) is 1. The zero-order valence-corrected chi connectivity index (χ0v) is 15.6. The lowest BCUT2D eigenvalue weighted by atomic mass is 9.72. The minimum atomic E-state index is -0.637. The zero-order chi connectivity index (χ0) is 17.0. The van der Waals surface area contributed by atoms with Gasteiger partial charge in [0.15, 0.2) is 0 Å². The average Bonchev–Trinajstić information content (AvgIpc) is 2.62. The maximum atomic E-state index is 13.8. The van der Waals surface area contributed by atoms with Crippen LogP contribution in [0.1, 0.15) is 31.2 Å². The van der Waals surface area contributed by atoms with Crippen LogP contribution in [0, 0.1) is 11.7 Å². The van der Waals surface area contributed by atoms with Gasteiger partial charge in [0, 0.05) is 26.3 Å². The number of amides is 1. The van der Waals surface area contributed by atoms with Crippen LogP contribution in [0.5, 0.6) is 0 Å². The fraction of sp³-hybridized carbons (Fsp3) is 0.632. The van der Waals surface area contributed by atoms with Crippen molar-refractivity contribution in [3.8, 4) is 0 Å². The van der Waals surface area contributed by atoms with Crippen molar-refractivity contribution in [2.75, 3.05) is 39.9 Å². The van der Waals surface area contributed by atoms with E-state index in [1.165, 1.54) is 12.1 Å². The summed E-state index contributed by atoms with van der Waals surface area (Å²) in [6, 6.07) is 6.56. The van der Waals surface area contributed by atoms with Crippen molar-refractivity contribution >= 4 is 18.3 Å². The van der Waals surface area contributed by atoms with Crippen LogP contribution in [0.15, 0.2) is 24.3 Å². The summed E-state index contributed by atoms with van der Waals surface area (Å²) >= 11 is 0. The van der Waals surface area contributed by atoms with E-state index in [2.05, 4.69) is 5.32 Å². The largest absolute Gasteiger partial charge is 0.381 e. The van der Waals surface area contributed by atoms with Crippen LogP contribution in [-0.4, -0.2) is 50.7 Å². The molecule has 0 radical (unpaired) electrons. The van der Waals surface area contributed by atoms with Gasteiger partial charge < -0.3 is 15.0 Å². The van der Waals surface area contributed by atoms with Gasteiger partial charge in [0.1, 0.15) is 5.82 Å². The summed E-state index contributed by atoms with van der Waals surface area (Å²) in [6.45, 7) is 3.63. The minimum absolute atomic E-state index is 0. The van der Waals surface area contributed by atoms with Gasteiger partial charge in [-0.2, -0.15) is 0 Å². The number of nitrogens with one attached hydrogen (secondary N) is 1. The van der Waals surface area contributed by atoms with Crippen molar-refractivity contribution in [3.05, 3.63) is 35.6 Å². The van der Waals surface area contributed by atoms with Crippen molar-refractivity contribution in [3.63, 3.8) is 0 Å². The number of hydrogen-bond acceptors (Lipinski definition) is 3. The molecular weight excluding hydrogens is 343 g/mol. The number of halogens is 2. The van der Waals surface area contributed by atoms with Gasteiger partial charge >= 0.3 is 0 Å². The van der Waals surface area contributed by atoms with Gasteiger partial charge in [-0.15, -0.1) is 12.4 Å². The fourth-order valence-corrected chi connectivity index (χ4v) is 4.14. The Balaban J connectivity index is 0.00000225. The zero-order valence-electron chi connectivity index (χ0n) is 14.8. The molecule has 1 amide bonds. The second-order valence-electron chi connectivity index (χ2n) is 7.02. The summed E-state index contributed by atoms with van der Waals surface area (Å²) < 4.78 is 19.3. The van der Waals surface area contributed by atoms with Crippen LogP contribution in [0.3, 0.4) is 0 Å². The van der Waals surface area contributed by atoms with Crippen LogP contribution in [-0.2, 0) is 14.9 Å². The highest BCUT2D eigenvalue weighted by Crippen LogP contribution is 2.38. The van der Waals surface area contributed by atoms with Crippen molar-refractivity contribution < 1.29 is 13.9 Å². The van der Waals surface area contributed by atoms with Gasteiger partial charge in [0.25, 0.3) is 0 Å². The molecular formula is C19H28ClFN2O2. The normalized spacial score (nSPS) is 23.0. The van der Waals surface area contributed by atoms with E-state index in [9.17, 15) is 9.18 Å². The van der Waals surface area contributed by atoms with E-state index in [1.807, 2.05) is 18.0 Å². The van der Waals surface area contributed by atoms with E-state index in [1.54, 1.807) is 6.07 Å². The Labute approximate surface area is 155 Å². The minimum Gasteiger partial charge on any atom is -0.381 e. The van der Waals surface area contributed by atoms with Gasteiger partial charge in [-0.25, -0.2) is 4.39 Å². The maximum absolute atomic E-state index is 13.8. The second kappa shape index (κ2) is 8.97. The molecule has 3 rings (SSSR count). The summed E-state index contributed by atoms with van der Waals surface area (Å²) in [4.78, 5) is 15.5. The van der Waals surface area contributed by atoms with E-state index in [4.69, 9.17) is 4.74 Å². The van der Waals surface area contributed by atoms with Crippen LogP contribution < -0.4 is 5.32 Å². The van der Waals surface area contributed by atoms with E-state index in [0.717, 1.165) is 38.0 Å². The molecule has 0 aliphatic carbocycles. The maximum Gasteiger partial charge on any atom is 0.233 e. The molecule has 25 heavy (non-hydrogen) atoms. The molecule has 1 N–H and O–H groups in total. The lowest BCUT2D eigenvalue weighted by molar-refractivity contribution is -0.143. The third kappa shape index (κ3) is 4.33. The summed E-state index contributed by atoms with van der Waals surface area (Å²) in [6.07, 6.45) is 3.44. The van der Waals surface area contributed by atoms with Crippen molar-refractivity contribution in [1.29, 1.82) is 0 Å². The molecule has 2 heterocycles. The van der Waals surface area contributed by atoms with Crippen molar-refractivity contribution in [2.45, 2.75) is 31.1 Å². The molecule has 1 unspecified atom stereocenters. The molecule has 0 bridgehead atoms. The number of carbonyl (C=O) groups excluding carboxylic acids is 1. The van der Waals surface area contributed by atoms with E-state index in [0.29, 0.717) is 32.0 Å². The fourth-order valence-electron chi connectivity index (χ4n) is 4.14. The van der Waals surface area contributed by atoms with Gasteiger partial charge in [-0.05, 0) is 62.9 Å². The monoisotopic (exact) mass is 370 g/mol. The Morgan fingerprint density at radius 3 is 2.84 bits per heavy atom. The Morgan fingerprint density at radius 2 is 2.16 bits per heavy atom. The quantitative estimate of drug-likeness (QED) is 0.886. The molecule has 0 saturated carbocycles. The topological polar surface area (TPSA) is 41.6 Å². The first-order valence-corrected chi connectivity index (χ1v) is 8.93. The molecule has 2 aliphatic heterocycles. The lowest BCUT2D eigenvalue weighted by Crippen LogP contribution is -2.53. The molecule has 6 heteroatoms. The summed E-state index contributed by atoms with van der Waals surface area (Å²) in [5.74, 6) is 0.368. The Kier molecular flexibility index (Phi) is 7.23. The molecule has 0 aromatic heterocycles. The SMILES string of the molecule is CNCC1CCCN(C(=O)C2(c3cccc(F)c3)CCOCC2)C1.Cl. The highest BCUT2D eigenvalue weighted by atomic mass is 35.5. The van der Waals surface area contributed by atoms with Crippen LogP contribution in [0.4, 0.5) is 4.39 Å². The van der Waals surface area contributed by atoms with Gasteiger partial charge in [0.2, 0.25) is 5.91 Å². The molecule has 1 aromatic carbocycles. The Hall–Kier alpha value is -1.17. The molecule has 0 spiro atoms. The number of likely N-dealkylation sites (tertiary alicyclic amines) is 1. The first-order chi connectivity index (χ1) is 11.7. The number of carbonyl (C=O) groups is 1. The van der Waals surface area contributed by atoms with Crippen LogP contribution in [0.2, 0.25) is 0 Å². The second-order valence-corrected chi connectivity index (χ2v) is 7.02. The van der Waals surface area contributed by atoms with Crippen LogP contribution >= 0.6 is 12.4 Å². The number of benzene rings is 1. The summed E-state index contributed by atoms with van der Waals surface area (Å²) in [5, 5.41) is 3.22. The van der Waals surface area contributed by atoms with Crippen LogP contribution in [0.25, 0.3) is 0 Å². The number of rotatable bonds is 4. The van der Waals surface area contributed by atoms with Gasteiger partial charge in [0.05, 0.1) is 5.41 Å². The third-order valence-corrected chi connectivity index (χ3v) is 5.43. The Morgan fingerprint density at radius 1 is 1.40 bits per heavy atom. The Bertz CT molecular complexity index is 576. The molecule has 2 fully saturated rings. The molecule has 1 aromatic rings. The smallest absolute Gasteiger partial charge is 0.233 e. The molecule has 1 atom stereocenters. The highest BCUT2D eigenvalue weighted by molar-refractivity contribution is 5.88. The average molecular weight is 371 g/mol. The predicted octanol–water partition coefficient (Wildman–Crippen LogP) is 2.75.